The molecular weight excluding hydrogens is 148 g/mol. The van der Waals surface area contributed by atoms with Crippen molar-refractivity contribution in [2.24, 2.45) is 12.8 Å². The van der Waals surface area contributed by atoms with Crippen LogP contribution in [0.25, 0.3) is 0 Å². The molecule has 1 aromatic rings. The van der Waals surface area contributed by atoms with Crippen molar-refractivity contribution in [3.05, 3.63) is 24.0 Å². The quantitative estimate of drug-likeness (QED) is 0.663. The lowest BCUT2D eigenvalue weighted by atomic mass is 10.2. The molecule has 1 aromatic heterocycles. The molecule has 1 rings (SSSR count). The van der Waals surface area contributed by atoms with Gasteiger partial charge in [-0.25, -0.2) is 0 Å². The summed E-state index contributed by atoms with van der Waals surface area (Å²) in [4.78, 5) is 0. The van der Waals surface area contributed by atoms with E-state index in [0.717, 1.165) is 0 Å². The Morgan fingerprint density at radius 3 is 2.40 bits per heavy atom. The molecule has 1 heterocycles. The lowest BCUT2D eigenvalue weighted by molar-refractivity contribution is 0.715. The van der Waals surface area contributed by atoms with Crippen LogP contribution in [0.4, 0.5) is 0 Å². The molecule has 0 radical (unpaired) electrons. The van der Waals surface area contributed by atoms with Crippen LogP contribution in [-0.2, 0) is 7.05 Å². The van der Waals surface area contributed by atoms with Crippen LogP contribution >= 0.6 is 12.4 Å². The minimum absolute atomic E-state index is 0. The van der Waals surface area contributed by atoms with Crippen molar-refractivity contribution in [2.75, 3.05) is 0 Å². The average Bonchev–Trinajstić information content (AvgIpc) is 2.13. The Hall–Kier alpha value is -0.470. The lowest BCUT2D eigenvalue weighted by Crippen LogP contribution is -2.08. The Morgan fingerprint density at radius 2 is 2.20 bits per heavy atom. The van der Waals surface area contributed by atoms with Crippen molar-refractivity contribution < 1.29 is 0 Å². The summed E-state index contributed by atoms with van der Waals surface area (Å²) in [5, 5.41) is 0. The topological polar surface area (TPSA) is 30.9 Å². The number of nitrogens with two attached hydrogens (primary N) is 1. The predicted molar refractivity (Wildman–Crippen MR) is 45.3 cm³/mol. The molecule has 0 fully saturated rings. The second-order valence-corrected chi connectivity index (χ2v) is 2.33. The molecule has 0 aromatic carbocycles. The summed E-state index contributed by atoms with van der Waals surface area (Å²) in [5.74, 6) is 0. The molecule has 0 aliphatic carbocycles. The van der Waals surface area contributed by atoms with Crippen LogP contribution in [0.5, 0.6) is 0 Å². The lowest BCUT2D eigenvalue weighted by Gasteiger charge is -2.05. The molecule has 0 saturated carbocycles. The van der Waals surface area contributed by atoms with E-state index < -0.39 is 0 Å². The van der Waals surface area contributed by atoms with Gasteiger partial charge in [-0.15, -0.1) is 12.4 Å². The van der Waals surface area contributed by atoms with Crippen molar-refractivity contribution >= 4 is 12.4 Å². The van der Waals surface area contributed by atoms with E-state index >= 15 is 0 Å². The first kappa shape index (κ1) is 9.53. The number of halogens is 1. The summed E-state index contributed by atoms with van der Waals surface area (Å²) in [7, 11) is 2.00. The maximum Gasteiger partial charge on any atom is 0.0421 e. The van der Waals surface area contributed by atoms with Gasteiger partial charge in [0, 0.05) is 25.0 Å². The summed E-state index contributed by atoms with van der Waals surface area (Å²) >= 11 is 0. The molecule has 0 bridgehead atoms. The molecule has 1 atom stereocenters. The number of aromatic nitrogens is 1. The highest BCUT2D eigenvalue weighted by atomic mass is 35.5. The molecule has 3 heteroatoms. The zero-order chi connectivity index (χ0) is 6.85. The second-order valence-electron chi connectivity index (χ2n) is 2.33. The van der Waals surface area contributed by atoms with Crippen LogP contribution in [0.15, 0.2) is 18.3 Å². The number of hydrogen-bond acceptors (Lipinski definition) is 1. The predicted octanol–water partition coefficient (Wildman–Crippen LogP) is 1.47. The summed E-state index contributed by atoms with van der Waals surface area (Å²) in [6, 6.07) is 4.17. The van der Waals surface area contributed by atoms with Crippen molar-refractivity contribution in [3.63, 3.8) is 0 Å². The maximum atomic E-state index is 5.64. The maximum absolute atomic E-state index is 5.64. The first-order valence-corrected chi connectivity index (χ1v) is 3.08. The fourth-order valence-electron chi connectivity index (χ4n) is 0.947. The van der Waals surface area contributed by atoms with Gasteiger partial charge in [-0.1, -0.05) is 0 Å². The van der Waals surface area contributed by atoms with Crippen LogP contribution in [0.1, 0.15) is 18.7 Å². The van der Waals surface area contributed by atoms with E-state index in [9.17, 15) is 0 Å². The molecule has 58 valence electrons. The van der Waals surface area contributed by atoms with Crippen LogP contribution < -0.4 is 5.73 Å². The van der Waals surface area contributed by atoms with E-state index in [1.165, 1.54) is 5.69 Å². The van der Waals surface area contributed by atoms with E-state index in [-0.39, 0.29) is 18.4 Å². The number of nitrogens with zero attached hydrogens (tertiary/aromatic N) is 1. The van der Waals surface area contributed by atoms with Crippen LogP contribution in [0.3, 0.4) is 0 Å². The third kappa shape index (κ3) is 1.75. The van der Waals surface area contributed by atoms with Gasteiger partial charge in [0.25, 0.3) is 0 Å². The van der Waals surface area contributed by atoms with Gasteiger partial charge in [0.05, 0.1) is 0 Å². The molecule has 0 spiro atoms. The van der Waals surface area contributed by atoms with Gasteiger partial charge >= 0.3 is 0 Å². The van der Waals surface area contributed by atoms with E-state index in [1.807, 2.05) is 36.9 Å². The van der Waals surface area contributed by atoms with Gasteiger partial charge in [0.2, 0.25) is 0 Å². The summed E-state index contributed by atoms with van der Waals surface area (Å²) in [6.07, 6.45) is 2.00. The summed E-state index contributed by atoms with van der Waals surface area (Å²) in [5.41, 5.74) is 6.81. The standard InChI is InChI=1S/C7H12N2.ClH/c1-6(8)7-4-3-5-9(7)2;/h3-6H,8H2,1-2H3;1H/t6-;/m0./s1. The van der Waals surface area contributed by atoms with Crippen LogP contribution in [0.2, 0.25) is 0 Å². The third-order valence-corrected chi connectivity index (χ3v) is 1.45. The molecule has 0 aliphatic rings. The van der Waals surface area contributed by atoms with Crippen molar-refractivity contribution in [3.8, 4) is 0 Å². The molecule has 0 saturated heterocycles. The highest BCUT2D eigenvalue weighted by molar-refractivity contribution is 5.85. The SMILES string of the molecule is C[C@H](N)c1cccn1C.Cl. The smallest absolute Gasteiger partial charge is 0.0421 e. The molecule has 2 nitrogen and oxygen atoms in total. The molecular formula is C7H13ClN2. The Morgan fingerprint density at radius 1 is 1.60 bits per heavy atom. The second kappa shape index (κ2) is 3.64. The summed E-state index contributed by atoms with van der Waals surface area (Å²) < 4.78 is 2.03. The molecule has 10 heavy (non-hydrogen) atoms. The van der Waals surface area contributed by atoms with Crippen molar-refractivity contribution in [1.82, 2.24) is 4.57 Å². The van der Waals surface area contributed by atoms with Gasteiger partial charge in [-0.05, 0) is 19.1 Å². The normalized spacial score (nSPS) is 12.3. The van der Waals surface area contributed by atoms with E-state index in [0.29, 0.717) is 0 Å². The van der Waals surface area contributed by atoms with Crippen molar-refractivity contribution in [1.29, 1.82) is 0 Å². The molecule has 0 aliphatic heterocycles. The highest BCUT2D eigenvalue weighted by Gasteiger charge is 1.99. The first-order valence-electron chi connectivity index (χ1n) is 3.08. The largest absolute Gasteiger partial charge is 0.353 e. The number of aryl methyl sites for hydroxylation is 1. The van der Waals surface area contributed by atoms with E-state index in [4.69, 9.17) is 5.73 Å². The Bertz CT molecular complexity index is 193. The van der Waals surface area contributed by atoms with Gasteiger partial charge in [-0.3, -0.25) is 0 Å². The Labute approximate surface area is 67.4 Å². The van der Waals surface area contributed by atoms with Crippen LogP contribution in [-0.4, -0.2) is 4.57 Å². The highest BCUT2D eigenvalue weighted by Crippen LogP contribution is 2.07. The zero-order valence-corrected chi connectivity index (χ0v) is 7.06. The minimum Gasteiger partial charge on any atom is -0.353 e. The van der Waals surface area contributed by atoms with Gasteiger partial charge < -0.3 is 10.3 Å². The Balaban J connectivity index is 0.000000810. The third-order valence-electron chi connectivity index (χ3n) is 1.45. The fourth-order valence-corrected chi connectivity index (χ4v) is 0.947. The van der Waals surface area contributed by atoms with Crippen molar-refractivity contribution in [2.45, 2.75) is 13.0 Å². The molecule has 2 N–H and O–H groups in total. The fraction of sp³-hybridized carbons (Fsp3) is 0.429. The van der Waals surface area contributed by atoms with E-state index in [1.54, 1.807) is 0 Å². The number of hydrogen-bond donors (Lipinski definition) is 1. The monoisotopic (exact) mass is 160 g/mol. The Kier molecular flexibility index (Phi) is 3.47. The van der Waals surface area contributed by atoms with Crippen LogP contribution in [0, 0.1) is 0 Å². The summed E-state index contributed by atoms with van der Waals surface area (Å²) in [6.45, 7) is 1.98. The molecule has 0 amide bonds. The average molecular weight is 161 g/mol. The van der Waals surface area contributed by atoms with Gasteiger partial charge in [0.1, 0.15) is 0 Å². The van der Waals surface area contributed by atoms with Gasteiger partial charge in [-0.2, -0.15) is 0 Å². The number of rotatable bonds is 1. The van der Waals surface area contributed by atoms with E-state index in [2.05, 4.69) is 0 Å². The van der Waals surface area contributed by atoms with Gasteiger partial charge in [0.15, 0.2) is 0 Å². The minimum atomic E-state index is 0. The first-order chi connectivity index (χ1) is 4.22. The zero-order valence-electron chi connectivity index (χ0n) is 6.24. The molecule has 0 unspecified atom stereocenters.